The van der Waals surface area contributed by atoms with Crippen LogP contribution in [0.25, 0.3) is 0 Å². The van der Waals surface area contributed by atoms with Gasteiger partial charge in [0, 0.05) is 44.9 Å². The van der Waals surface area contributed by atoms with Gasteiger partial charge in [0.1, 0.15) is 10.6 Å². The van der Waals surface area contributed by atoms with Crippen LogP contribution in [0.5, 0.6) is 11.6 Å². The van der Waals surface area contributed by atoms with Gasteiger partial charge in [0.05, 0.1) is 4.92 Å². The number of non-ortho nitro benzene ring substituents is 1. The van der Waals surface area contributed by atoms with Gasteiger partial charge >= 0.3 is 0 Å². The van der Waals surface area contributed by atoms with Gasteiger partial charge in [0.2, 0.25) is 15.9 Å². The van der Waals surface area contributed by atoms with Crippen molar-refractivity contribution in [3.05, 3.63) is 40.1 Å². The lowest BCUT2D eigenvalue weighted by atomic mass is 10.3. The lowest BCUT2D eigenvalue weighted by Crippen LogP contribution is -2.27. The number of nitro groups is 1. The first-order valence-corrected chi connectivity index (χ1v) is 10.9. The zero-order valence-electron chi connectivity index (χ0n) is 16.9. The fraction of sp³-hybridized carbons (Fsp3) is 0.444. The van der Waals surface area contributed by atoms with Crippen molar-refractivity contribution in [1.29, 1.82) is 0 Å². The number of aromatic nitrogens is 2. The third-order valence-corrected chi connectivity index (χ3v) is 6.04. The van der Waals surface area contributed by atoms with Crippen LogP contribution < -0.4 is 9.46 Å². The molecule has 0 spiro atoms. The molecular formula is C18H23N5O6S. The highest BCUT2D eigenvalue weighted by molar-refractivity contribution is 7.89. The topological polar surface area (TPSA) is 137 Å². The molecule has 0 saturated heterocycles. The van der Waals surface area contributed by atoms with Crippen molar-refractivity contribution in [3.63, 3.8) is 0 Å². The van der Waals surface area contributed by atoms with Crippen LogP contribution in [0.15, 0.2) is 29.2 Å². The Hall–Kier alpha value is -2.99. The highest BCUT2D eigenvalue weighted by Gasteiger charge is 2.31. The molecule has 30 heavy (non-hydrogen) atoms. The maximum Gasteiger partial charge on any atom is 0.274 e. The first-order chi connectivity index (χ1) is 14.1. The Morgan fingerprint density at radius 1 is 1.40 bits per heavy atom. The number of sulfonamides is 1. The summed E-state index contributed by atoms with van der Waals surface area (Å²) in [5.41, 5.74) is -0.230. The third kappa shape index (κ3) is 4.76. The number of nitrogens with zero attached hydrogens (tertiary/aromatic N) is 4. The molecule has 1 fully saturated rings. The largest absolute Gasteiger partial charge is 0.438 e. The summed E-state index contributed by atoms with van der Waals surface area (Å²) in [6.45, 7) is 2.51. The third-order valence-electron chi connectivity index (χ3n) is 4.50. The van der Waals surface area contributed by atoms with Gasteiger partial charge in [0.15, 0.2) is 5.69 Å². The van der Waals surface area contributed by atoms with E-state index in [9.17, 15) is 23.3 Å². The van der Waals surface area contributed by atoms with Gasteiger partial charge < -0.3 is 9.64 Å². The summed E-state index contributed by atoms with van der Waals surface area (Å²) in [6, 6.07) is 4.55. The van der Waals surface area contributed by atoms with Gasteiger partial charge in [-0.05, 0) is 25.3 Å². The normalized spacial score (nSPS) is 13.8. The first-order valence-electron chi connectivity index (χ1n) is 9.40. The second kappa shape index (κ2) is 8.40. The van der Waals surface area contributed by atoms with Crippen LogP contribution >= 0.6 is 0 Å². The van der Waals surface area contributed by atoms with Crippen molar-refractivity contribution in [2.45, 2.75) is 37.1 Å². The molecule has 11 nitrogen and oxygen atoms in total. The Balaban J connectivity index is 1.95. The number of rotatable bonds is 9. The molecule has 1 amide bonds. The van der Waals surface area contributed by atoms with Gasteiger partial charge in [-0.1, -0.05) is 6.92 Å². The van der Waals surface area contributed by atoms with Crippen LogP contribution in [0.1, 0.15) is 36.7 Å². The lowest BCUT2D eigenvalue weighted by Gasteiger charge is -2.13. The number of hydrogen-bond acceptors (Lipinski definition) is 7. The number of ether oxygens (including phenoxy) is 1. The Morgan fingerprint density at radius 2 is 2.10 bits per heavy atom. The minimum atomic E-state index is -4.03. The summed E-state index contributed by atoms with van der Waals surface area (Å²) in [7, 11) is -0.823. The molecule has 12 heteroatoms. The van der Waals surface area contributed by atoms with E-state index in [-0.39, 0.29) is 39.9 Å². The van der Waals surface area contributed by atoms with Gasteiger partial charge in [0.25, 0.3) is 11.6 Å². The Bertz CT molecular complexity index is 1080. The number of nitro benzene ring substituents is 1. The zero-order valence-corrected chi connectivity index (χ0v) is 17.7. The quantitative estimate of drug-likeness (QED) is 0.468. The minimum Gasteiger partial charge on any atom is -0.438 e. The molecule has 0 unspecified atom stereocenters. The average molecular weight is 437 g/mol. The molecule has 2 aromatic rings. The highest BCUT2D eigenvalue weighted by Crippen LogP contribution is 2.33. The predicted molar refractivity (Wildman–Crippen MR) is 107 cm³/mol. The Morgan fingerprint density at radius 3 is 2.70 bits per heavy atom. The van der Waals surface area contributed by atoms with Gasteiger partial charge in [-0.3, -0.25) is 14.9 Å². The average Bonchev–Trinajstić information content (AvgIpc) is 3.41. The van der Waals surface area contributed by atoms with Crippen molar-refractivity contribution in [3.8, 4) is 11.6 Å². The lowest BCUT2D eigenvalue weighted by molar-refractivity contribution is -0.385. The predicted octanol–water partition coefficient (Wildman–Crippen LogP) is 2.04. The van der Waals surface area contributed by atoms with E-state index in [1.54, 1.807) is 14.1 Å². The number of benzene rings is 1. The number of nitrogens with one attached hydrogen (secondary N) is 1. The number of carbonyl (C=O) groups excluding carboxylic acids is 1. The van der Waals surface area contributed by atoms with E-state index in [4.69, 9.17) is 4.74 Å². The molecule has 1 aliphatic carbocycles. The van der Waals surface area contributed by atoms with Crippen molar-refractivity contribution in [2.24, 2.45) is 7.05 Å². The molecule has 162 valence electrons. The number of hydrogen-bond donors (Lipinski definition) is 1. The molecule has 1 heterocycles. The van der Waals surface area contributed by atoms with Crippen LogP contribution in [0, 0.1) is 10.1 Å². The summed E-state index contributed by atoms with van der Waals surface area (Å²) >= 11 is 0. The summed E-state index contributed by atoms with van der Waals surface area (Å²) in [5, 5.41) is 15.3. The molecule has 0 aliphatic heterocycles. The Kier molecular flexibility index (Phi) is 6.08. The molecular weight excluding hydrogens is 414 g/mol. The standard InChI is InChI=1S/C18H23N5O6S/c1-4-9-21(2)18(24)14-11-17(22(3)19-14)29-15-8-7-13(23(25)26)10-16(15)30(27,28)20-12-5-6-12/h7-8,10-12,20H,4-6,9H2,1-3H3. The van der Waals surface area contributed by atoms with E-state index in [0.717, 1.165) is 18.6 Å². The van der Waals surface area contributed by atoms with Crippen LogP contribution in [0.3, 0.4) is 0 Å². The van der Waals surface area contributed by atoms with E-state index in [0.29, 0.717) is 19.4 Å². The van der Waals surface area contributed by atoms with Crippen LogP contribution in [-0.4, -0.2) is 53.6 Å². The molecule has 0 radical (unpaired) electrons. The monoisotopic (exact) mass is 437 g/mol. The maximum atomic E-state index is 12.7. The Labute approximate surface area is 173 Å². The van der Waals surface area contributed by atoms with Gasteiger partial charge in [-0.2, -0.15) is 5.10 Å². The molecule has 3 rings (SSSR count). The molecule has 1 saturated carbocycles. The second-order valence-corrected chi connectivity index (χ2v) is 8.79. The smallest absolute Gasteiger partial charge is 0.274 e. The van der Waals surface area contributed by atoms with E-state index >= 15 is 0 Å². The molecule has 0 bridgehead atoms. The van der Waals surface area contributed by atoms with Gasteiger partial charge in [-0.25, -0.2) is 17.8 Å². The van der Waals surface area contributed by atoms with E-state index in [1.807, 2.05) is 6.92 Å². The number of amides is 1. The number of aryl methyl sites for hydroxylation is 1. The summed E-state index contributed by atoms with van der Waals surface area (Å²) in [6.07, 6.45) is 2.21. The van der Waals surface area contributed by atoms with Crippen molar-refractivity contribution < 1.29 is 22.9 Å². The first kappa shape index (κ1) is 21.7. The van der Waals surface area contributed by atoms with E-state index < -0.39 is 14.9 Å². The van der Waals surface area contributed by atoms with Crippen LogP contribution in [0.2, 0.25) is 0 Å². The van der Waals surface area contributed by atoms with Crippen molar-refractivity contribution >= 4 is 21.6 Å². The second-order valence-electron chi connectivity index (χ2n) is 7.10. The zero-order chi connectivity index (χ0) is 22.1. The molecule has 1 aromatic carbocycles. The molecule has 0 atom stereocenters. The molecule has 1 N–H and O–H groups in total. The van der Waals surface area contributed by atoms with Crippen LogP contribution in [-0.2, 0) is 17.1 Å². The van der Waals surface area contributed by atoms with E-state index in [1.165, 1.54) is 21.7 Å². The summed E-state index contributed by atoms with van der Waals surface area (Å²) in [5.74, 6) is -0.271. The van der Waals surface area contributed by atoms with Crippen LogP contribution in [0.4, 0.5) is 5.69 Å². The van der Waals surface area contributed by atoms with Crippen molar-refractivity contribution in [2.75, 3.05) is 13.6 Å². The highest BCUT2D eigenvalue weighted by atomic mass is 32.2. The van der Waals surface area contributed by atoms with Gasteiger partial charge in [-0.15, -0.1) is 0 Å². The SMILES string of the molecule is CCCN(C)C(=O)c1cc(Oc2ccc([N+](=O)[O-])cc2S(=O)(=O)NC2CC2)n(C)n1. The fourth-order valence-corrected chi connectivity index (χ4v) is 4.24. The summed E-state index contributed by atoms with van der Waals surface area (Å²) in [4.78, 5) is 24.1. The fourth-order valence-electron chi connectivity index (χ4n) is 2.78. The number of carbonyl (C=O) groups is 1. The van der Waals surface area contributed by atoms with E-state index in [2.05, 4.69) is 9.82 Å². The molecule has 1 aliphatic rings. The molecule has 1 aromatic heterocycles. The summed E-state index contributed by atoms with van der Waals surface area (Å²) < 4.78 is 35.0. The van der Waals surface area contributed by atoms with Crippen molar-refractivity contribution in [1.82, 2.24) is 19.4 Å². The minimum absolute atomic E-state index is 0.0994. The maximum absolute atomic E-state index is 12.7.